The maximum absolute atomic E-state index is 13.1. The molecule has 3 N–H and O–H groups in total. The van der Waals surface area contributed by atoms with Gasteiger partial charge in [0.25, 0.3) is 0 Å². The first-order valence-electron chi connectivity index (χ1n) is 29.3. The molecule has 12 nitrogen and oxygen atoms in total. The van der Waals surface area contributed by atoms with Gasteiger partial charge in [-0.25, -0.2) is 4.79 Å². The Kier molecular flexibility index (Phi) is 44.9. The van der Waals surface area contributed by atoms with E-state index in [0.717, 1.165) is 96.3 Å². The fourth-order valence-corrected chi connectivity index (χ4v) is 8.93. The lowest BCUT2D eigenvalue weighted by molar-refractivity contribution is -0.301. The molecule has 414 valence electrons. The van der Waals surface area contributed by atoms with Gasteiger partial charge in [0.2, 0.25) is 0 Å². The number of rotatable bonds is 50. The quantitative estimate of drug-likeness (QED) is 0.0228. The maximum Gasteiger partial charge on any atom is 0.335 e. The Morgan fingerprint density at radius 1 is 0.451 bits per heavy atom. The molecule has 71 heavy (non-hydrogen) atoms. The molecule has 0 aromatic heterocycles. The number of hydrogen-bond acceptors (Lipinski definition) is 11. The van der Waals surface area contributed by atoms with Crippen LogP contribution in [0.5, 0.6) is 0 Å². The van der Waals surface area contributed by atoms with Gasteiger partial charge in [0.05, 0.1) is 6.61 Å². The number of carboxylic acids is 1. The van der Waals surface area contributed by atoms with Crippen molar-refractivity contribution >= 4 is 23.9 Å². The van der Waals surface area contributed by atoms with Crippen molar-refractivity contribution in [2.24, 2.45) is 0 Å². The molecule has 0 spiro atoms. The van der Waals surface area contributed by atoms with E-state index >= 15 is 0 Å². The number of aliphatic carboxylic acids is 1. The molecule has 1 aliphatic rings. The fraction of sp³-hybridized carbons (Fsp3) is 0.864. The largest absolute Gasteiger partial charge is 0.479 e. The van der Waals surface area contributed by atoms with E-state index in [0.29, 0.717) is 19.3 Å². The van der Waals surface area contributed by atoms with Gasteiger partial charge in [-0.2, -0.15) is 0 Å². The molecule has 1 fully saturated rings. The molecule has 0 saturated carbocycles. The number of esters is 3. The summed E-state index contributed by atoms with van der Waals surface area (Å²) in [6.45, 7) is 5.95. The first-order valence-corrected chi connectivity index (χ1v) is 29.3. The summed E-state index contributed by atoms with van der Waals surface area (Å²) in [6.07, 6.45) is 41.5. The topological polar surface area (TPSA) is 175 Å². The second kappa shape index (κ2) is 48.2. The summed E-state index contributed by atoms with van der Waals surface area (Å²) in [5.74, 6) is -3.12. The van der Waals surface area contributed by atoms with Crippen LogP contribution in [0.25, 0.3) is 0 Å². The van der Waals surface area contributed by atoms with Crippen LogP contribution in [-0.2, 0) is 42.9 Å². The average molecular weight is 1010 g/mol. The second-order valence-corrected chi connectivity index (χ2v) is 20.3. The molecule has 1 rings (SSSR count). The van der Waals surface area contributed by atoms with Crippen molar-refractivity contribution in [2.75, 3.05) is 13.2 Å². The molecular weight excluding hydrogens is 901 g/mol. The summed E-state index contributed by atoms with van der Waals surface area (Å²) in [6, 6.07) is 0. The fourth-order valence-electron chi connectivity index (χ4n) is 8.93. The van der Waals surface area contributed by atoms with E-state index in [4.69, 9.17) is 23.7 Å². The summed E-state index contributed by atoms with van der Waals surface area (Å²) in [7, 11) is 0. The molecule has 0 aromatic rings. The van der Waals surface area contributed by atoms with Gasteiger partial charge in [0.15, 0.2) is 24.6 Å². The number of carbonyl (C=O) groups is 4. The molecule has 6 atom stereocenters. The van der Waals surface area contributed by atoms with E-state index in [1.54, 1.807) is 0 Å². The number of carboxylic acid groups (broad SMARTS) is 1. The monoisotopic (exact) mass is 1010 g/mol. The van der Waals surface area contributed by atoms with Crippen molar-refractivity contribution in [3.63, 3.8) is 0 Å². The third-order valence-corrected chi connectivity index (χ3v) is 13.5. The van der Waals surface area contributed by atoms with Gasteiger partial charge < -0.3 is 39.0 Å². The Bertz CT molecular complexity index is 1340. The van der Waals surface area contributed by atoms with Crippen LogP contribution in [0.2, 0.25) is 0 Å². The molecule has 0 amide bonds. The number of aliphatic hydroxyl groups excluding tert-OH is 2. The lowest BCUT2D eigenvalue weighted by atomic mass is 9.98. The van der Waals surface area contributed by atoms with Crippen molar-refractivity contribution in [1.82, 2.24) is 0 Å². The molecular formula is C59H106O12. The van der Waals surface area contributed by atoms with Crippen LogP contribution >= 0.6 is 0 Å². The number of unbranched alkanes of at least 4 members (excludes halogenated alkanes) is 32. The number of hydrogen-bond donors (Lipinski definition) is 3. The van der Waals surface area contributed by atoms with E-state index in [1.807, 2.05) is 0 Å². The van der Waals surface area contributed by atoms with E-state index in [9.17, 15) is 34.5 Å². The van der Waals surface area contributed by atoms with Crippen LogP contribution in [0, 0.1) is 0 Å². The van der Waals surface area contributed by atoms with Crippen LogP contribution < -0.4 is 0 Å². The lowest BCUT2D eigenvalue weighted by Gasteiger charge is -2.40. The van der Waals surface area contributed by atoms with Gasteiger partial charge in [0, 0.05) is 19.3 Å². The Hall–Kier alpha value is -2.80. The molecule has 0 bridgehead atoms. The van der Waals surface area contributed by atoms with Gasteiger partial charge in [0.1, 0.15) is 18.8 Å². The van der Waals surface area contributed by atoms with E-state index in [1.165, 1.54) is 122 Å². The van der Waals surface area contributed by atoms with Gasteiger partial charge >= 0.3 is 23.9 Å². The normalized spacial score (nSPS) is 18.6. The van der Waals surface area contributed by atoms with Crippen molar-refractivity contribution in [2.45, 2.75) is 314 Å². The zero-order chi connectivity index (χ0) is 51.8. The summed E-state index contributed by atoms with van der Waals surface area (Å²) < 4.78 is 28.4. The Morgan fingerprint density at radius 2 is 0.817 bits per heavy atom. The van der Waals surface area contributed by atoms with Crippen LogP contribution in [0.3, 0.4) is 0 Å². The van der Waals surface area contributed by atoms with Crippen LogP contribution in [0.4, 0.5) is 0 Å². The third kappa shape index (κ3) is 38.4. The van der Waals surface area contributed by atoms with Crippen molar-refractivity contribution in [3.05, 3.63) is 24.3 Å². The molecule has 0 aliphatic carbocycles. The SMILES string of the molecule is CCCC/C=C\CCCCCCCC(=O)OC(COC(=O)CCCCCCC/C=C\CCCCCCCC)COC1OC(C(=O)O)C(O)C(O)C1OC(=O)CCCCCCCCCCCCCCCCC. The molecule has 1 aliphatic heterocycles. The minimum absolute atomic E-state index is 0.0651. The van der Waals surface area contributed by atoms with Crippen molar-refractivity contribution in [3.8, 4) is 0 Å². The smallest absolute Gasteiger partial charge is 0.335 e. The highest BCUT2D eigenvalue weighted by Gasteiger charge is 2.50. The maximum atomic E-state index is 13.1. The Labute approximate surface area is 432 Å². The van der Waals surface area contributed by atoms with Gasteiger partial charge in [-0.3, -0.25) is 14.4 Å². The summed E-state index contributed by atoms with van der Waals surface area (Å²) in [4.78, 5) is 51.0. The zero-order valence-corrected chi connectivity index (χ0v) is 45.5. The average Bonchev–Trinajstić information content (AvgIpc) is 3.35. The molecule has 12 heteroatoms. The molecule has 0 aromatic carbocycles. The number of allylic oxidation sites excluding steroid dienone is 4. The number of ether oxygens (including phenoxy) is 5. The van der Waals surface area contributed by atoms with Crippen LogP contribution in [-0.4, -0.2) is 89.2 Å². The molecule has 6 unspecified atom stereocenters. The number of carbonyl (C=O) groups excluding carboxylic acids is 3. The Balaban J connectivity index is 2.68. The van der Waals surface area contributed by atoms with E-state index < -0.39 is 67.3 Å². The van der Waals surface area contributed by atoms with E-state index in [2.05, 4.69) is 45.1 Å². The predicted molar refractivity (Wildman–Crippen MR) is 285 cm³/mol. The van der Waals surface area contributed by atoms with Gasteiger partial charge in [-0.1, -0.05) is 218 Å². The second-order valence-electron chi connectivity index (χ2n) is 20.3. The van der Waals surface area contributed by atoms with Crippen LogP contribution in [0.15, 0.2) is 24.3 Å². The summed E-state index contributed by atoms with van der Waals surface area (Å²) in [5, 5.41) is 31.4. The first-order chi connectivity index (χ1) is 34.6. The highest BCUT2D eigenvalue weighted by Crippen LogP contribution is 2.26. The molecule has 1 heterocycles. The minimum Gasteiger partial charge on any atom is -0.479 e. The first kappa shape index (κ1) is 66.2. The third-order valence-electron chi connectivity index (χ3n) is 13.5. The Morgan fingerprint density at radius 3 is 1.24 bits per heavy atom. The molecule has 0 radical (unpaired) electrons. The summed E-state index contributed by atoms with van der Waals surface area (Å²) >= 11 is 0. The van der Waals surface area contributed by atoms with Crippen molar-refractivity contribution < 1.29 is 58.2 Å². The molecule has 1 saturated heterocycles. The highest BCUT2D eigenvalue weighted by atomic mass is 16.7. The zero-order valence-electron chi connectivity index (χ0n) is 45.5. The van der Waals surface area contributed by atoms with Gasteiger partial charge in [-0.15, -0.1) is 0 Å². The van der Waals surface area contributed by atoms with E-state index in [-0.39, 0.29) is 25.9 Å². The highest BCUT2D eigenvalue weighted by molar-refractivity contribution is 5.74. The van der Waals surface area contributed by atoms with Gasteiger partial charge in [-0.05, 0) is 64.2 Å². The summed E-state index contributed by atoms with van der Waals surface area (Å²) in [5.41, 5.74) is 0. The number of aliphatic hydroxyl groups is 2. The van der Waals surface area contributed by atoms with Crippen LogP contribution in [0.1, 0.15) is 278 Å². The lowest BCUT2D eigenvalue weighted by Crippen LogP contribution is -2.61. The van der Waals surface area contributed by atoms with Crippen molar-refractivity contribution in [1.29, 1.82) is 0 Å². The predicted octanol–water partition coefficient (Wildman–Crippen LogP) is 14.7. The standard InChI is InChI=1S/C59H106O12/c1-4-7-10-13-16-19-22-24-26-28-31-33-36-39-42-45-51(60)67-48-50(69-52(61)46-43-40-37-34-30-21-18-15-12-9-6-3)49-68-59-57(55(64)54(63)56(71-59)58(65)66)70-53(62)47-44-41-38-35-32-29-27-25-23-20-17-14-11-8-5-2/h15,18,24,26,50,54-57,59,63-64H,4-14,16-17,19-23,25,27-49H2,1-3H3,(H,65,66)/b18-15-,26-24-. The minimum atomic E-state index is -1.90.